The number of carbonyl (C=O) groups is 2. The fourth-order valence-electron chi connectivity index (χ4n) is 3.69. The zero-order valence-corrected chi connectivity index (χ0v) is 21.3. The van der Waals surface area contributed by atoms with Gasteiger partial charge in [-0.2, -0.15) is 0 Å². The first kappa shape index (κ1) is 25.0. The molecule has 0 radical (unpaired) electrons. The molecular weight excluding hydrogens is 542 g/mol. The molecule has 3 aromatic rings. The molecule has 2 amide bonds. The van der Waals surface area contributed by atoms with Crippen LogP contribution in [0.1, 0.15) is 21.8 Å². The minimum Gasteiger partial charge on any atom is -0.497 e. The number of methoxy groups -OCH3 is 1. The van der Waals surface area contributed by atoms with Gasteiger partial charge in [0, 0.05) is 27.3 Å². The van der Waals surface area contributed by atoms with E-state index in [1.54, 1.807) is 55.6 Å². The van der Waals surface area contributed by atoms with Gasteiger partial charge < -0.3 is 15.4 Å². The molecule has 0 aliphatic heterocycles. The largest absolute Gasteiger partial charge is 0.497 e. The topological polar surface area (TPSA) is 67.4 Å². The number of hydrogen-bond donors (Lipinski definition) is 2. The number of anilines is 2. The molecule has 0 bridgehead atoms. The van der Waals surface area contributed by atoms with Crippen molar-refractivity contribution in [2.45, 2.75) is 10.3 Å². The van der Waals surface area contributed by atoms with E-state index in [0.29, 0.717) is 32.7 Å². The first-order valence-corrected chi connectivity index (χ1v) is 11.9. The Hall–Kier alpha value is -2.15. The van der Waals surface area contributed by atoms with Crippen molar-refractivity contribution in [2.75, 3.05) is 17.7 Å². The van der Waals surface area contributed by atoms with Crippen molar-refractivity contribution in [2.24, 2.45) is 5.92 Å². The predicted molar refractivity (Wildman–Crippen MR) is 138 cm³/mol. The molecule has 1 fully saturated rings. The van der Waals surface area contributed by atoms with Crippen LogP contribution in [0.15, 0.2) is 60.7 Å². The van der Waals surface area contributed by atoms with Crippen LogP contribution < -0.4 is 15.4 Å². The minimum absolute atomic E-state index is 0.187. The summed E-state index contributed by atoms with van der Waals surface area (Å²) in [6.07, 6.45) is 0. The summed E-state index contributed by atoms with van der Waals surface area (Å²) in [5.41, 5.74) is 1.78. The standard InChI is InChI=1S/C24H17Cl5N2O3/c1-34-17-5-2-15(3-6-17)30-22(32)18-11-16(4-7-19(18)27)31-23(33)21-20(24(21,28)29)12-8-13(25)10-14(26)9-12/h2-11,20-21H,1H3,(H,30,32)(H,31,33). The quantitative estimate of drug-likeness (QED) is 0.309. The maximum atomic E-state index is 13.0. The molecule has 2 atom stereocenters. The van der Waals surface area contributed by atoms with Gasteiger partial charge in [-0.1, -0.05) is 34.8 Å². The smallest absolute Gasteiger partial charge is 0.257 e. The lowest BCUT2D eigenvalue weighted by Gasteiger charge is -2.11. The van der Waals surface area contributed by atoms with Crippen molar-refractivity contribution in [1.29, 1.82) is 0 Å². The summed E-state index contributed by atoms with van der Waals surface area (Å²) in [5.74, 6) is -1.41. The summed E-state index contributed by atoms with van der Waals surface area (Å²) in [6, 6.07) is 16.4. The van der Waals surface area contributed by atoms with E-state index >= 15 is 0 Å². The highest BCUT2D eigenvalue weighted by Gasteiger charge is 2.67. The van der Waals surface area contributed by atoms with E-state index in [2.05, 4.69) is 10.6 Å². The van der Waals surface area contributed by atoms with E-state index in [4.69, 9.17) is 62.7 Å². The van der Waals surface area contributed by atoms with Gasteiger partial charge in [-0.25, -0.2) is 0 Å². The van der Waals surface area contributed by atoms with Crippen LogP contribution in [0.2, 0.25) is 15.1 Å². The zero-order valence-electron chi connectivity index (χ0n) is 17.5. The van der Waals surface area contributed by atoms with Gasteiger partial charge in [-0.15, -0.1) is 23.2 Å². The molecule has 0 spiro atoms. The van der Waals surface area contributed by atoms with Gasteiger partial charge in [0.05, 0.1) is 23.6 Å². The Morgan fingerprint density at radius 3 is 2.09 bits per heavy atom. The zero-order chi connectivity index (χ0) is 24.6. The number of alkyl halides is 2. The van der Waals surface area contributed by atoms with Crippen molar-refractivity contribution in [3.63, 3.8) is 0 Å². The number of ether oxygens (including phenoxy) is 1. The van der Waals surface area contributed by atoms with Crippen LogP contribution >= 0.6 is 58.0 Å². The van der Waals surface area contributed by atoms with Crippen LogP contribution in [-0.4, -0.2) is 23.3 Å². The van der Waals surface area contributed by atoms with Crippen LogP contribution in [0.25, 0.3) is 0 Å². The Morgan fingerprint density at radius 2 is 1.47 bits per heavy atom. The van der Waals surface area contributed by atoms with Crippen molar-refractivity contribution >= 4 is 81.2 Å². The number of amides is 2. The van der Waals surface area contributed by atoms with Crippen molar-refractivity contribution < 1.29 is 14.3 Å². The van der Waals surface area contributed by atoms with Gasteiger partial charge in [-0.05, 0) is 66.2 Å². The number of carbonyl (C=O) groups excluding carboxylic acids is 2. The summed E-state index contributed by atoms with van der Waals surface area (Å²) in [4.78, 5) is 25.7. The average Bonchev–Trinajstić information content (AvgIpc) is 3.37. The Labute approximate surface area is 221 Å². The second kappa shape index (κ2) is 9.84. The SMILES string of the molecule is COc1ccc(NC(=O)c2cc(NC(=O)C3C(c4cc(Cl)cc(Cl)c4)C3(Cl)Cl)ccc2Cl)cc1. The van der Waals surface area contributed by atoms with E-state index in [0.717, 1.165) is 0 Å². The predicted octanol–water partition coefficient (Wildman–Crippen LogP) is 7.43. The number of benzene rings is 3. The van der Waals surface area contributed by atoms with E-state index in [9.17, 15) is 9.59 Å². The molecule has 4 rings (SSSR count). The number of nitrogens with one attached hydrogen (secondary N) is 2. The van der Waals surface area contributed by atoms with Gasteiger partial charge in [0.2, 0.25) is 5.91 Å². The monoisotopic (exact) mass is 556 g/mol. The molecule has 0 heterocycles. The molecule has 5 nitrogen and oxygen atoms in total. The summed E-state index contributed by atoms with van der Waals surface area (Å²) in [5, 5.41) is 6.59. The Balaban J connectivity index is 1.49. The summed E-state index contributed by atoms with van der Waals surface area (Å²) < 4.78 is 3.79. The molecular formula is C24H17Cl5N2O3. The molecule has 1 aliphatic carbocycles. The molecule has 2 unspecified atom stereocenters. The fourth-order valence-corrected chi connectivity index (χ4v) is 5.27. The fraction of sp³-hybridized carbons (Fsp3) is 0.167. The molecule has 1 saturated carbocycles. The highest BCUT2D eigenvalue weighted by atomic mass is 35.5. The Morgan fingerprint density at radius 1 is 0.853 bits per heavy atom. The second-order valence-corrected chi connectivity index (χ2v) is 10.4. The van der Waals surface area contributed by atoms with E-state index in [1.807, 2.05) is 0 Å². The Kier molecular flexibility index (Phi) is 7.22. The third kappa shape index (κ3) is 5.24. The summed E-state index contributed by atoms with van der Waals surface area (Å²) in [6.45, 7) is 0. The molecule has 10 heteroatoms. The van der Waals surface area contributed by atoms with E-state index < -0.39 is 28.0 Å². The third-order valence-corrected chi connectivity index (χ3v) is 7.11. The number of halogens is 5. The first-order valence-electron chi connectivity index (χ1n) is 10.00. The van der Waals surface area contributed by atoms with Gasteiger partial charge in [-0.3, -0.25) is 9.59 Å². The molecule has 2 N–H and O–H groups in total. The van der Waals surface area contributed by atoms with Crippen molar-refractivity contribution in [1.82, 2.24) is 0 Å². The number of hydrogen-bond acceptors (Lipinski definition) is 3. The highest BCUT2D eigenvalue weighted by Crippen LogP contribution is 2.65. The lowest BCUT2D eigenvalue weighted by molar-refractivity contribution is -0.117. The summed E-state index contributed by atoms with van der Waals surface area (Å²) in [7, 11) is 1.56. The van der Waals surface area contributed by atoms with Crippen LogP contribution in [-0.2, 0) is 4.79 Å². The minimum atomic E-state index is -1.32. The molecule has 176 valence electrons. The highest BCUT2D eigenvalue weighted by molar-refractivity contribution is 6.53. The first-order chi connectivity index (χ1) is 16.1. The van der Waals surface area contributed by atoms with E-state index in [-0.39, 0.29) is 10.6 Å². The van der Waals surface area contributed by atoms with Crippen LogP contribution in [0.4, 0.5) is 11.4 Å². The van der Waals surface area contributed by atoms with Crippen molar-refractivity contribution in [3.8, 4) is 5.75 Å². The molecule has 1 aliphatic rings. The number of rotatable bonds is 6. The normalized spacial score (nSPS) is 18.2. The second-order valence-electron chi connectivity index (χ2n) is 7.70. The van der Waals surface area contributed by atoms with Crippen LogP contribution in [0, 0.1) is 5.92 Å². The maximum absolute atomic E-state index is 13.0. The average molecular weight is 559 g/mol. The Bertz CT molecular complexity index is 1240. The van der Waals surface area contributed by atoms with Crippen molar-refractivity contribution in [3.05, 3.63) is 86.9 Å². The van der Waals surface area contributed by atoms with Gasteiger partial charge in [0.15, 0.2) is 0 Å². The molecule has 34 heavy (non-hydrogen) atoms. The molecule has 3 aromatic carbocycles. The summed E-state index contributed by atoms with van der Waals surface area (Å²) >= 11 is 31.2. The molecule has 0 saturated heterocycles. The van der Waals surface area contributed by atoms with Gasteiger partial charge in [0.25, 0.3) is 5.91 Å². The maximum Gasteiger partial charge on any atom is 0.257 e. The lowest BCUT2D eigenvalue weighted by atomic mass is 10.1. The van der Waals surface area contributed by atoms with E-state index in [1.165, 1.54) is 12.1 Å². The van der Waals surface area contributed by atoms with Crippen LogP contribution in [0.3, 0.4) is 0 Å². The third-order valence-electron chi connectivity index (χ3n) is 5.41. The van der Waals surface area contributed by atoms with Crippen LogP contribution in [0.5, 0.6) is 5.75 Å². The molecule has 0 aromatic heterocycles. The van der Waals surface area contributed by atoms with Gasteiger partial charge >= 0.3 is 0 Å². The lowest BCUT2D eigenvalue weighted by Crippen LogP contribution is -2.18. The van der Waals surface area contributed by atoms with Gasteiger partial charge in [0.1, 0.15) is 10.1 Å².